The van der Waals surface area contributed by atoms with E-state index < -0.39 is 11.6 Å². The Morgan fingerprint density at radius 2 is 1.53 bits per heavy atom. The van der Waals surface area contributed by atoms with E-state index in [0.29, 0.717) is 5.02 Å². The highest BCUT2D eigenvalue weighted by Gasteiger charge is 2.11. The fourth-order valence-electron chi connectivity index (χ4n) is 1.51. The van der Waals surface area contributed by atoms with E-state index in [4.69, 9.17) is 16.9 Å². The van der Waals surface area contributed by atoms with Crippen LogP contribution in [0.5, 0.6) is 0 Å². The van der Waals surface area contributed by atoms with Crippen LogP contribution in [0, 0.1) is 23.0 Å². The van der Waals surface area contributed by atoms with Gasteiger partial charge in [-0.05, 0) is 36.4 Å². The summed E-state index contributed by atoms with van der Waals surface area (Å²) in [6.45, 7) is 0. The summed E-state index contributed by atoms with van der Waals surface area (Å²) < 4.78 is 27.1. The Bertz CT molecular complexity index is 617. The minimum Gasteiger partial charge on any atom is -0.206 e. The van der Waals surface area contributed by atoms with Crippen molar-refractivity contribution >= 4 is 11.6 Å². The van der Waals surface area contributed by atoms with E-state index in [0.717, 1.165) is 12.1 Å². The summed E-state index contributed by atoms with van der Waals surface area (Å²) in [5, 5.41) is 9.04. The van der Waals surface area contributed by atoms with E-state index in [2.05, 4.69) is 0 Å². The van der Waals surface area contributed by atoms with E-state index in [9.17, 15) is 8.78 Å². The molecule has 0 atom stereocenters. The predicted octanol–water partition coefficient (Wildman–Crippen LogP) is 4.16. The van der Waals surface area contributed by atoms with Gasteiger partial charge in [-0.3, -0.25) is 0 Å². The van der Waals surface area contributed by atoms with Gasteiger partial charge in [0.2, 0.25) is 0 Å². The minimum absolute atomic E-state index is 0.0315. The maximum atomic E-state index is 13.6. The van der Waals surface area contributed by atoms with Crippen molar-refractivity contribution in [2.24, 2.45) is 0 Å². The maximum Gasteiger partial charge on any atom is 0.131 e. The average molecular weight is 250 g/mol. The molecule has 0 amide bonds. The standard InChI is InChI=1S/C13H6ClF2N/c14-9-2-4-13(16)11(6-9)10-5-8(7-17)1-3-12(10)15/h1-6H. The normalized spacial score (nSPS) is 10.0. The number of hydrogen-bond acceptors (Lipinski definition) is 1. The van der Waals surface area contributed by atoms with E-state index in [1.807, 2.05) is 6.07 Å². The maximum absolute atomic E-state index is 13.6. The lowest BCUT2D eigenvalue weighted by Gasteiger charge is -2.06. The Morgan fingerprint density at radius 3 is 2.18 bits per heavy atom. The molecular weight excluding hydrogens is 244 g/mol. The molecule has 0 radical (unpaired) electrons. The predicted molar refractivity (Wildman–Crippen MR) is 61.5 cm³/mol. The zero-order valence-corrected chi connectivity index (χ0v) is 9.30. The van der Waals surface area contributed by atoms with Crippen LogP contribution in [0.2, 0.25) is 5.02 Å². The van der Waals surface area contributed by atoms with Gasteiger partial charge in [-0.1, -0.05) is 11.6 Å². The number of nitrogens with zero attached hydrogens (tertiary/aromatic N) is 1. The zero-order valence-electron chi connectivity index (χ0n) is 8.55. The third-order valence-electron chi connectivity index (χ3n) is 2.31. The zero-order chi connectivity index (χ0) is 12.4. The molecule has 1 nitrogen and oxygen atoms in total. The Balaban J connectivity index is 2.68. The number of halogens is 3. The minimum atomic E-state index is -0.592. The highest BCUT2D eigenvalue weighted by atomic mass is 35.5. The number of benzene rings is 2. The molecule has 0 spiro atoms. The molecular formula is C13H6ClF2N. The third kappa shape index (κ3) is 2.27. The monoisotopic (exact) mass is 249 g/mol. The lowest BCUT2D eigenvalue weighted by atomic mass is 10.0. The third-order valence-corrected chi connectivity index (χ3v) is 2.55. The van der Waals surface area contributed by atoms with Crippen LogP contribution in [0.1, 0.15) is 5.56 Å². The van der Waals surface area contributed by atoms with Gasteiger partial charge >= 0.3 is 0 Å². The van der Waals surface area contributed by atoms with E-state index in [1.165, 1.54) is 24.3 Å². The van der Waals surface area contributed by atoms with Gasteiger partial charge in [0.1, 0.15) is 11.6 Å². The van der Waals surface area contributed by atoms with Gasteiger partial charge in [0, 0.05) is 16.1 Å². The molecule has 0 unspecified atom stereocenters. The van der Waals surface area contributed by atoms with Gasteiger partial charge < -0.3 is 0 Å². The molecule has 0 aliphatic heterocycles. The quantitative estimate of drug-likeness (QED) is 0.745. The summed E-state index contributed by atoms with van der Waals surface area (Å²) in [6, 6.07) is 9.51. The average Bonchev–Trinajstić information content (AvgIpc) is 2.33. The lowest BCUT2D eigenvalue weighted by Crippen LogP contribution is -1.90. The molecule has 17 heavy (non-hydrogen) atoms. The Kier molecular flexibility index (Phi) is 3.08. The number of hydrogen-bond donors (Lipinski definition) is 0. The summed E-state index contributed by atoms with van der Waals surface area (Å²) in [5.74, 6) is -1.17. The Morgan fingerprint density at radius 1 is 0.941 bits per heavy atom. The topological polar surface area (TPSA) is 23.8 Å². The molecule has 0 fully saturated rings. The summed E-state index contributed by atoms with van der Waals surface area (Å²) >= 11 is 5.74. The van der Waals surface area contributed by atoms with E-state index in [1.54, 1.807) is 0 Å². The van der Waals surface area contributed by atoms with Crippen molar-refractivity contribution < 1.29 is 8.78 Å². The molecule has 2 aromatic rings. The summed E-state index contributed by atoms with van der Waals surface area (Å²) in [5.41, 5.74) is 0.344. The van der Waals surface area contributed by atoms with Crippen LogP contribution in [0.4, 0.5) is 8.78 Å². The molecule has 4 heteroatoms. The molecule has 84 valence electrons. The Labute approximate surface area is 102 Å². The largest absolute Gasteiger partial charge is 0.206 e. The first-order chi connectivity index (χ1) is 8.11. The van der Waals surface area contributed by atoms with E-state index in [-0.39, 0.29) is 16.7 Å². The highest BCUT2D eigenvalue weighted by molar-refractivity contribution is 6.30. The molecule has 0 aromatic heterocycles. The van der Waals surface area contributed by atoms with Gasteiger partial charge in [0.25, 0.3) is 0 Å². The van der Waals surface area contributed by atoms with Crippen LogP contribution in [-0.2, 0) is 0 Å². The highest BCUT2D eigenvalue weighted by Crippen LogP contribution is 2.28. The molecule has 0 saturated carbocycles. The fraction of sp³-hybridized carbons (Fsp3) is 0. The van der Waals surface area contributed by atoms with Crippen molar-refractivity contribution in [3.05, 3.63) is 58.6 Å². The van der Waals surface area contributed by atoms with E-state index >= 15 is 0 Å². The fourth-order valence-corrected chi connectivity index (χ4v) is 1.68. The molecule has 0 aliphatic carbocycles. The van der Waals surface area contributed by atoms with Crippen molar-refractivity contribution in [3.8, 4) is 17.2 Å². The molecule has 0 saturated heterocycles. The second-order valence-electron chi connectivity index (χ2n) is 3.43. The summed E-state index contributed by atoms with van der Waals surface area (Å²) in [6.07, 6.45) is 0. The second-order valence-corrected chi connectivity index (χ2v) is 3.87. The molecule has 0 N–H and O–H groups in total. The van der Waals surface area contributed by atoms with Gasteiger partial charge in [0.15, 0.2) is 0 Å². The molecule has 2 rings (SSSR count). The van der Waals surface area contributed by atoms with Crippen LogP contribution in [0.15, 0.2) is 36.4 Å². The van der Waals surface area contributed by atoms with Crippen molar-refractivity contribution in [3.63, 3.8) is 0 Å². The van der Waals surface area contributed by atoms with Crippen molar-refractivity contribution in [1.82, 2.24) is 0 Å². The van der Waals surface area contributed by atoms with Gasteiger partial charge in [-0.2, -0.15) is 5.26 Å². The summed E-state index contributed by atoms with van der Waals surface area (Å²) in [4.78, 5) is 0. The van der Waals surface area contributed by atoms with Crippen molar-refractivity contribution in [2.45, 2.75) is 0 Å². The first kappa shape index (κ1) is 11.6. The Hall–Kier alpha value is -1.92. The van der Waals surface area contributed by atoms with Crippen molar-refractivity contribution in [1.29, 1.82) is 5.26 Å². The van der Waals surface area contributed by atoms with Crippen LogP contribution < -0.4 is 0 Å². The summed E-state index contributed by atoms with van der Waals surface area (Å²) in [7, 11) is 0. The van der Waals surface area contributed by atoms with Gasteiger partial charge in [0.05, 0.1) is 11.6 Å². The molecule has 2 aromatic carbocycles. The molecule has 0 aliphatic rings. The molecule has 0 bridgehead atoms. The second kappa shape index (κ2) is 4.52. The van der Waals surface area contributed by atoms with Crippen LogP contribution in [0.25, 0.3) is 11.1 Å². The van der Waals surface area contributed by atoms with Crippen LogP contribution >= 0.6 is 11.6 Å². The van der Waals surface area contributed by atoms with Crippen LogP contribution in [0.3, 0.4) is 0 Å². The molecule has 0 heterocycles. The van der Waals surface area contributed by atoms with Crippen LogP contribution in [-0.4, -0.2) is 0 Å². The SMILES string of the molecule is N#Cc1ccc(F)c(-c2cc(Cl)ccc2F)c1. The number of nitriles is 1. The van der Waals surface area contributed by atoms with Crippen molar-refractivity contribution in [2.75, 3.05) is 0 Å². The number of rotatable bonds is 1. The first-order valence-electron chi connectivity index (χ1n) is 4.77. The van der Waals surface area contributed by atoms with Gasteiger partial charge in [-0.15, -0.1) is 0 Å². The first-order valence-corrected chi connectivity index (χ1v) is 5.14. The van der Waals surface area contributed by atoms with Gasteiger partial charge in [-0.25, -0.2) is 8.78 Å². The lowest BCUT2D eigenvalue weighted by molar-refractivity contribution is 0.616. The smallest absolute Gasteiger partial charge is 0.131 e.